The van der Waals surface area contributed by atoms with Gasteiger partial charge in [0.15, 0.2) is 0 Å². The van der Waals surface area contributed by atoms with Gasteiger partial charge in [0.2, 0.25) is 5.88 Å². The second-order valence-corrected chi connectivity index (χ2v) is 6.69. The van der Waals surface area contributed by atoms with E-state index in [4.69, 9.17) is 16.3 Å². The summed E-state index contributed by atoms with van der Waals surface area (Å²) in [6, 6.07) is 11.7. The molecule has 124 valence electrons. The zero-order chi connectivity index (χ0) is 16.5. The maximum atomic E-state index is 12.4. The summed E-state index contributed by atoms with van der Waals surface area (Å²) in [6.45, 7) is 0. The van der Waals surface area contributed by atoms with Crippen LogP contribution in [0.5, 0.6) is 11.6 Å². The molecule has 0 saturated carbocycles. The van der Waals surface area contributed by atoms with Crippen LogP contribution in [0.15, 0.2) is 42.6 Å². The number of halogens is 1. The Hall–Kier alpha value is -2.11. The number of benzene rings is 1. The lowest BCUT2D eigenvalue weighted by Crippen LogP contribution is -2.42. The van der Waals surface area contributed by atoms with Gasteiger partial charge in [0.05, 0.1) is 0 Å². The van der Waals surface area contributed by atoms with E-state index in [-0.39, 0.29) is 11.9 Å². The first-order chi connectivity index (χ1) is 11.7. The van der Waals surface area contributed by atoms with Gasteiger partial charge in [-0.05, 0) is 55.7 Å². The SMILES string of the molecule is O=C(NC1CC2CCC1N2)c1ccc(Oc2ncccc2Cl)cc1. The highest BCUT2D eigenvalue weighted by Crippen LogP contribution is 2.29. The molecule has 2 aliphatic heterocycles. The minimum atomic E-state index is -0.0447. The molecule has 4 rings (SSSR count). The number of carbonyl (C=O) groups excluding carboxylic acids is 1. The lowest BCUT2D eigenvalue weighted by molar-refractivity contribution is 0.0931. The molecule has 6 heteroatoms. The highest BCUT2D eigenvalue weighted by Gasteiger charge is 2.39. The van der Waals surface area contributed by atoms with Gasteiger partial charge in [-0.1, -0.05) is 11.6 Å². The average Bonchev–Trinajstić information content (AvgIpc) is 3.20. The number of fused-ring (bicyclic) bond motifs is 2. The van der Waals surface area contributed by atoms with Crippen LogP contribution in [0, 0.1) is 0 Å². The third-order valence-corrected chi connectivity index (χ3v) is 4.96. The fourth-order valence-corrected chi connectivity index (χ4v) is 3.63. The third kappa shape index (κ3) is 3.09. The molecule has 0 spiro atoms. The summed E-state index contributed by atoms with van der Waals surface area (Å²) in [5, 5.41) is 7.10. The first-order valence-corrected chi connectivity index (χ1v) is 8.52. The normalized spacial score (nSPS) is 24.8. The number of pyridine rings is 1. The van der Waals surface area contributed by atoms with E-state index >= 15 is 0 Å². The molecular formula is C18H18ClN3O2. The fraction of sp³-hybridized carbons (Fsp3) is 0.333. The Morgan fingerprint density at radius 1 is 1.25 bits per heavy atom. The van der Waals surface area contributed by atoms with Crippen molar-refractivity contribution < 1.29 is 9.53 Å². The van der Waals surface area contributed by atoms with Crippen LogP contribution in [-0.2, 0) is 0 Å². The second kappa shape index (κ2) is 6.42. The zero-order valence-electron chi connectivity index (χ0n) is 13.0. The molecule has 1 aromatic heterocycles. The van der Waals surface area contributed by atoms with Crippen molar-refractivity contribution in [2.24, 2.45) is 0 Å². The lowest BCUT2D eigenvalue weighted by Gasteiger charge is -2.21. The minimum Gasteiger partial charge on any atom is -0.438 e. The van der Waals surface area contributed by atoms with Crippen LogP contribution in [0.3, 0.4) is 0 Å². The minimum absolute atomic E-state index is 0.0447. The summed E-state index contributed by atoms with van der Waals surface area (Å²) < 4.78 is 5.63. The molecule has 2 bridgehead atoms. The quantitative estimate of drug-likeness (QED) is 0.895. The Kier molecular flexibility index (Phi) is 4.12. The van der Waals surface area contributed by atoms with Gasteiger partial charge in [-0.3, -0.25) is 4.79 Å². The smallest absolute Gasteiger partial charge is 0.251 e. The summed E-state index contributed by atoms with van der Waals surface area (Å²) in [5.74, 6) is 0.898. The molecule has 3 atom stereocenters. The van der Waals surface area contributed by atoms with Crippen LogP contribution < -0.4 is 15.4 Å². The maximum absolute atomic E-state index is 12.4. The van der Waals surface area contributed by atoms with Crippen molar-refractivity contribution in [1.82, 2.24) is 15.6 Å². The molecular weight excluding hydrogens is 326 g/mol. The van der Waals surface area contributed by atoms with Crippen molar-refractivity contribution in [2.45, 2.75) is 37.4 Å². The first kappa shape index (κ1) is 15.4. The summed E-state index contributed by atoms with van der Waals surface area (Å²) in [6.07, 6.45) is 5.01. The van der Waals surface area contributed by atoms with E-state index in [1.807, 2.05) is 0 Å². The second-order valence-electron chi connectivity index (χ2n) is 6.28. The molecule has 3 heterocycles. The van der Waals surface area contributed by atoms with Crippen molar-refractivity contribution in [3.63, 3.8) is 0 Å². The fourth-order valence-electron chi connectivity index (χ4n) is 3.47. The van der Waals surface area contributed by atoms with E-state index in [0.717, 1.165) is 12.8 Å². The number of hydrogen-bond acceptors (Lipinski definition) is 4. The van der Waals surface area contributed by atoms with E-state index in [1.54, 1.807) is 42.6 Å². The lowest BCUT2D eigenvalue weighted by atomic mass is 9.95. The maximum Gasteiger partial charge on any atom is 0.251 e. The molecule has 0 radical (unpaired) electrons. The van der Waals surface area contributed by atoms with E-state index in [0.29, 0.717) is 34.3 Å². The van der Waals surface area contributed by atoms with Gasteiger partial charge in [0.25, 0.3) is 5.91 Å². The Morgan fingerprint density at radius 3 is 2.75 bits per heavy atom. The molecule has 2 saturated heterocycles. The number of ether oxygens (including phenoxy) is 1. The standard InChI is InChI=1S/C18H18ClN3O2/c19-14-2-1-9-20-18(14)24-13-6-3-11(4-7-13)17(23)22-16-10-12-5-8-15(16)21-12/h1-4,6-7,9,12,15-16,21H,5,8,10H2,(H,22,23). The Morgan fingerprint density at radius 2 is 2.08 bits per heavy atom. The van der Waals surface area contributed by atoms with Gasteiger partial charge in [0, 0.05) is 29.9 Å². The number of carbonyl (C=O) groups is 1. The number of hydrogen-bond donors (Lipinski definition) is 2. The summed E-state index contributed by atoms with van der Waals surface area (Å²) in [4.78, 5) is 16.5. The molecule has 2 N–H and O–H groups in total. The monoisotopic (exact) mass is 343 g/mol. The van der Waals surface area contributed by atoms with E-state index in [1.165, 1.54) is 6.42 Å². The summed E-state index contributed by atoms with van der Waals surface area (Å²) in [7, 11) is 0. The number of aromatic nitrogens is 1. The van der Waals surface area contributed by atoms with Crippen molar-refractivity contribution >= 4 is 17.5 Å². The van der Waals surface area contributed by atoms with Gasteiger partial charge >= 0.3 is 0 Å². The molecule has 2 aromatic rings. The Labute approximate surface area is 145 Å². The molecule has 1 amide bonds. The first-order valence-electron chi connectivity index (χ1n) is 8.14. The van der Waals surface area contributed by atoms with E-state index in [2.05, 4.69) is 15.6 Å². The number of nitrogens with one attached hydrogen (secondary N) is 2. The predicted octanol–water partition coefficient (Wildman–Crippen LogP) is 3.15. The zero-order valence-corrected chi connectivity index (χ0v) is 13.8. The van der Waals surface area contributed by atoms with Gasteiger partial charge in [0.1, 0.15) is 10.8 Å². The van der Waals surface area contributed by atoms with Crippen molar-refractivity contribution in [3.8, 4) is 11.6 Å². The molecule has 24 heavy (non-hydrogen) atoms. The largest absolute Gasteiger partial charge is 0.438 e. The molecule has 2 fully saturated rings. The van der Waals surface area contributed by atoms with Gasteiger partial charge in [-0.2, -0.15) is 0 Å². The molecule has 3 unspecified atom stereocenters. The predicted molar refractivity (Wildman–Crippen MR) is 91.6 cm³/mol. The van der Waals surface area contributed by atoms with Crippen molar-refractivity contribution in [1.29, 1.82) is 0 Å². The van der Waals surface area contributed by atoms with Crippen LogP contribution in [0.25, 0.3) is 0 Å². The highest BCUT2D eigenvalue weighted by molar-refractivity contribution is 6.31. The van der Waals surface area contributed by atoms with Crippen molar-refractivity contribution in [3.05, 3.63) is 53.2 Å². The third-order valence-electron chi connectivity index (χ3n) is 4.67. The van der Waals surface area contributed by atoms with Crippen LogP contribution in [0.2, 0.25) is 5.02 Å². The highest BCUT2D eigenvalue weighted by atomic mass is 35.5. The molecule has 2 aliphatic rings. The number of amides is 1. The number of rotatable bonds is 4. The summed E-state index contributed by atoms with van der Waals surface area (Å²) in [5.41, 5.74) is 0.622. The van der Waals surface area contributed by atoms with Crippen LogP contribution in [-0.4, -0.2) is 29.0 Å². The van der Waals surface area contributed by atoms with Crippen molar-refractivity contribution in [2.75, 3.05) is 0 Å². The van der Waals surface area contributed by atoms with Crippen LogP contribution in [0.1, 0.15) is 29.6 Å². The summed E-state index contributed by atoms with van der Waals surface area (Å²) >= 11 is 6.02. The van der Waals surface area contributed by atoms with Crippen LogP contribution in [0.4, 0.5) is 0 Å². The van der Waals surface area contributed by atoms with Gasteiger partial charge < -0.3 is 15.4 Å². The van der Waals surface area contributed by atoms with E-state index in [9.17, 15) is 4.79 Å². The Balaban J connectivity index is 1.40. The molecule has 1 aromatic carbocycles. The van der Waals surface area contributed by atoms with E-state index < -0.39 is 0 Å². The van der Waals surface area contributed by atoms with Gasteiger partial charge in [-0.15, -0.1) is 0 Å². The van der Waals surface area contributed by atoms with Crippen LogP contribution >= 0.6 is 11.6 Å². The Bertz CT molecular complexity index is 750. The average molecular weight is 344 g/mol. The van der Waals surface area contributed by atoms with Gasteiger partial charge in [-0.25, -0.2) is 4.98 Å². The molecule has 0 aliphatic carbocycles. The topological polar surface area (TPSA) is 63.2 Å². The molecule has 5 nitrogen and oxygen atoms in total. The number of nitrogens with zero attached hydrogens (tertiary/aromatic N) is 1.